The third-order valence-electron chi connectivity index (χ3n) is 5.47. The first-order valence-corrected chi connectivity index (χ1v) is 10.3. The van der Waals surface area contributed by atoms with Gasteiger partial charge in [-0.3, -0.25) is 9.59 Å². The average Bonchev–Trinajstić information content (AvgIpc) is 3.11. The van der Waals surface area contributed by atoms with Gasteiger partial charge in [-0.15, -0.1) is 0 Å². The van der Waals surface area contributed by atoms with E-state index in [1.54, 1.807) is 25.1 Å². The molecule has 1 heterocycles. The van der Waals surface area contributed by atoms with Crippen LogP contribution in [-0.4, -0.2) is 34.6 Å². The lowest BCUT2D eigenvalue weighted by Crippen LogP contribution is -2.47. The zero-order valence-electron chi connectivity index (χ0n) is 16.6. The molecule has 3 aromatic rings. The molecule has 0 bridgehead atoms. The van der Waals surface area contributed by atoms with Gasteiger partial charge in [-0.25, -0.2) is 0 Å². The molecule has 0 fully saturated rings. The molecule has 0 spiro atoms. The maximum atomic E-state index is 12.9. The highest BCUT2D eigenvalue weighted by Crippen LogP contribution is 2.38. The number of aromatic amines is 1. The van der Waals surface area contributed by atoms with E-state index in [0.717, 1.165) is 16.5 Å². The Labute approximate surface area is 179 Å². The Balaban J connectivity index is 1.56. The van der Waals surface area contributed by atoms with Gasteiger partial charge in [0.15, 0.2) is 0 Å². The van der Waals surface area contributed by atoms with Crippen molar-refractivity contribution in [2.45, 2.75) is 37.8 Å². The summed E-state index contributed by atoms with van der Waals surface area (Å²) in [5, 5.41) is 15.8. The largest absolute Gasteiger partial charge is 0.466 e. The van der Waals surface area contributed by atoms with Gasteiger partial charge in [0.25, 0.3) is 5.91 Å². The molecule has 6 nitrogen and oxygen atoms in total. The zero-order chi connectivity index (χ0) is 21.3. The van der Waals surface area contributed by atoms with E-state index in [2.05, 4.69) is 10.3 Å². The fourth-order valence-electron chi connectivity index (χ4n) is 4.22. The molecule has 0 saturated heterocycles. The summed E-state index contributed by atoms with van der Waals surface area (Å²) in [6.45, 7) is 1.98. The lowest BCUT2D eigenvalue weighted by molar-refractivity contribution is -0.150. The summed E-state index contributed by atoms with van der Waals surface area (Å²) < 4.78 is 5.05. The summed E-state index contributed by atoms with van der Waals surface area (Å²) in [4.78, 5) is 28.1. The predicted molar refractivity (Wildman–Crippen MR) is 114 cm³/mol. The van der Waals surface area contributed by atoms with Gasteiger partial charge in [0, 0.05) is 28.4 Å². The van der Waals surface area contributed by atoms with Crippen LogP contribution in [0.25, 0.3) is 10.9 Å². The molecule has 1 amide bonds. The summed E-state index contributed by atoms with van der Waals surface area (Å²) in [5.74, 6) is -0.737. The number of fused-ring (bicyclic) bond motifs is 2. The number of carbonyl (C=O) groups is 2. The summed E-state index contributed by atoms with van der Waals surface area (Å²) in [7, 11) is 0. The van der Waals surface area contributed by atoms with Crippen LogP contribution < -0.4 is 5.32 Å². The van der Waals surface area contributed by atoms with Gasteiger partial charge in [-0.1, -0.05) is 35.9 Å². The van der Waals surface area contributed by atoms with Gasteiger partial charge < -0.3 is 20.1 Å². The van der Waals surface area contributed by atoms with Gasteiger partial charge in [0.05, 0.1) is 13.0 Å². The van der Waals surface area contributed by atoms with Crippen LogP contribution in [0.3, 0.4) is 0 Å². The fourth-order valence-corrected chi connectivity index (χ4v) is 4.40. The molecule has 7 heteroatoms. The number of nitrogens with one attached hydrogen (secondary N) is 2. The molecule has 30 heavy (non-hydrogen) atoms. The highest BCUT2D eigenvalue weighted by Gasteiger charge is 2.41. The van der Waals surface area contributed by atoms with Crippen LogP contribution in [0, 0.1) is 0 Å². The van der Waals surface area contributed by atoms with Crippen molar-refractivity contribution in [2.24, 2.45) is 0 Å². The number of hydrogen-bond donors (Lipinski definition) is 3. The monoisotopic (exact) mass is 426 g/mol. The highest BCUT2D eigenvalue weighted by molar-refractivity contribution is 6.31. The van der Waals surface area contributed by atoms with Crippen molar-refractivity contribution in [3.05, 3.63) is 70.4 Å². The van der Waals surface area contributed by atoms with Crippen LogP contribution in [0.4, 0.5) is 0 Å². The Morgan fingerprint density at radius 1 is 1.27 bits per heavy atom. The van der Waals surface area contributed by atoms with Crippen LogP contribution >= 0.6 is 11.6 Å². The molecule has 1 aromatic heterocycles. The normalized spacial score (nSPS) is 20.6. The van der Waals surface area contributed by atoms with E-state index >= 15 is 0 Å². The molecule has 1 aliphatic carbocycles. The Morgan fingerprint density at radius 2 is 2.07 bits per heavy atom. The van der Waals surface area contributed by atoms with Crippen LogP contribution in [-0.2, 0) is 21.6 Å². The van der Waals surface area contributed by atoms with Crippen molar-refractivity contribution >= 4 is 34.4 Å². The van der Waals surface area contributed by atoms with E-state index < -0.39 is 11.6 Å². The highest BCUT2D eigenvalue weighted by atomic mass is 35.5. The third kappa shape index (κ3) is 4.06. The van der Waals surface area contributed by atoms with Crippen molar-refractivity contribution in [1.29, 1.82) is 0 Å². The summed E-state index contributed by atoms with van der Waals surface area (Å²) in [6.07, 6.45) is 0.634. The molecule has 0 saturated carbocycles. The second-order valence-electron chi connectivity index (χ2n) is 7.66. The smallest absolute Gasteiger partial charge is 0.309 e. The number of amides is 1. The Morgan fingerprint density at radius 3 is 2.87 bits per heavy atom. The van der Waals surface area contributed by atoms with Crippen LogP contribution in [0.5, 0.6) is 0 Å². The zero-order valence-corrected chi connectivity index (χ0v) is 17.3. The maximum Gasteiger partial charge on any atom is 0.309 e. The molecule has 156 valence electrons. The van der Waals surface area contributed by atoms with Gasteiger partial charge >= 0.3 is 5.97 Å². The first kappa shape index (κ1) is 20.4. The minimum absolute atomic E-state index is 0.158. The first-order chi connectivity index (χ1) is 14.4. The van der Waals surface area contributed by atoms with Gasteiger partial charge in [0.2, 0.25) is 0 Å². The van der Waals surface area contributed by atoms with Crippen LogP contribution in [0.2, 0.25) is 5.02 Å². The Hall–Kier alpha value is -2.83. The number of aliphatic hydroxyl groups is 1. The molecule has 1 aliphatic rings. The topological polar surface area (TPSA) is 91.4 Å². The number of hydrogen-bond acceptors (Lipinski definition) is 4. The van der Waals surface area contributed by atoms with E-state index in [4.69, 9.17) is 16.3 Å². The second kappa shape index (κ2) is 8.13. The number of halogens is 1. The summed E-state index contributed by atoms with van der Waals surface area (Å²) in [5.41, 5.74) is 1.46. The summed E-state index contributed by atoms with van der Waals surface area (Å²) in [6, 6.07) is 14.2. The molecule has 0 aliphatic heterocycles. The molecule has 2 aromatic carbocycles. The molecule has 4 rings (SSSR count). The minimum Gasteiger partial charge on any atom is -0.466 e. The SMILES string of the molecule is CCOC(=O)C[C@]1(O)CC(NC(=O)c2cc3cc(Cl)ccc3[nH]2)Cc2ccccc21. The van der Waals surface area contributed by atoms with Crippen LogP contribution in [0.15, 0.2) is 48.5 Å². The van der Waals surface area contributed by atoms with Crippen LogP contribution in [0.1, 0.15) is 41.4 Å². The predicted octanol–water partition coefficient (Wildman–Crippen LogP) is 3.71. The fraction of sp³-hybridized carbons (Fsp3) is 0.304. The van der Waals surface area contributed by atoms with Crippen molar-refractivity contribution < 1.29 is 19.4 Å². The number of benzene rings is 2. The third-order valence-corrected chi connectivity index (χ3v) is 5.71. The van der Waals surface area contributed by atoms with Crippen molar-refractivity contribution in [2.75, 3.05) is 6.61 Å². The van der Waals surface area contributed by atoms with Crippen molar-refractivity contribution in [3.63, 3.8) is 0 Å². The van der Waals surface area contributed by atoms with Gasteiger partial charge in [-0.05, 0) is 48.7 Å². The lowest BCUT2D eigenvalue weighted by atomic mass is 9.75. The molecular weight excluding hydrogens is 404 g/mol. The molecule has 0 radical (unpaired) electrons. The van der Waals surface area contributed by atoms with Gasteiger partial charge in [-0.2, -0.15) is 0 Å². The van der Waals surface area contributed by atoms with E-state index in [9.17, 15) is 14.7 Å². The average molecular weight is 427 g/mol. The van der Waals surface area contributed by atoms with E-state index in [1.165, 1.54) is 0 Å². The van der Waals surface area contributed by atoms with E-state index in [0.29, 0.717) is 22.7 Å². The van der Waals surface area contributed by atoms with Crippen molar-refractivity contribution in [3.8, 4) is 0 Å². The number of esters is 1. The Kier molecular flexibility index (Phi) is 5.54. The Bertz CT molecular complexity index is 1110. The van der Waals surface area contributed by atoms with Gasteiger partial charge in [0.1, 0.15) is 11.3 Å². The van der Waals surface area contributed by atoms with E-state index in [1.807, 2.05) is 30.3 Å². The molecule has 3 N–H and O–H groups in total. The number of aromatic nitrogens is 1. The van der Waals surface area contributed by atoms with Crippen molar-refractivity contribution in [1.82, 2.24) is 10.3 Å². The number of ether oxygens (including phenoxy) is 1. The molecule has 1 unspecified atom stereocenters. The molecule has 2 atom stereocenters. The number of carbonyl (C=O) groups excluding carboxylic acids is 2. The maximum absolute atomic E-state index is 12.9. The molecular formula is C23H23ClN2O4. The minimum atomic E-state index is -1.40. The number of rotatable bonds is 5. The quantitative estimate of drug-likeness (QED) is 0.542. The lowest BCUT2D eigenvalue weighted by Gasteiger charge is -2.38. The number of H-pyrrole nitrogens is 1. The first-order valence-electron chi connectivity index (χ1n) is 9.93. The standard InChI is InChI=1S/C23H23ClN2O4/c1-2-30-21(27)13-23(29)12-17(10-14-5-3-4-6-18(14)23)25-22(28)20-11-15-9-16(24)7-8-19(15)26-20/h3-9,11,17,26,29H,2,10,12-13H2,1H3,(H,25,28)/t17?,23-/m1/s1. The van der Waals surface area contributed by atoms with E-state index in [-0.39, 0.29) is 31.4 Å². The second-order valence-corrected chi connectivity index (χ2v) is 8.10. The summed E-state index contributed by atoms with van der Waals surface area (Å²) >= 11 is 6.03.